The number of amides is 2. The third-order valence-electron chi connectivity index (χ3n) is 4.67. The molecule has 0 radical (unpaired) electrons. The van der Waals surface area contributed by atoms with E-state index in [1.165, 1.54) is 7.11 Å². The number of nitrogens with one attached hydrogen (secondary N) is 2. The molecule has 1 aliphatic heterocycles. The highest BCUT2D eigenvalue weighted by Crippen LogP contribution is 2.45. The Hall–Kier alpha value is -3.28. The fourth-order valence-corrected chi connectivity index (χ4v) is 3.38. The van der Waals surface area contributed by atoms with Crippen LogP contribution in [0.15, 0.2) is 66.1 Å². The Morgan fingerprint density at radius 1 is 1.00 bits per heavy atom. The van der Waals surface area contributed by atoms with Crippen LogP contribution < -0.4 is 10.6 Å². The van der Waals surface area contributed by atoms with Crippen LogP contribution in [0.25, 0.3) is 0 Å². The van der Waals surface area contributed by atoms with Gasteiger partial charge >= 0.3 is 12.0 Å². The van der Waals surface area contributed by atoms with E-state index >= 15 is 0 Å². The summed E-state index contributed by atoms with van der Waals surface area (Å²) in [4.78, 5) is 25.0. The maximum absolute atomic E-state index is 12.5. The summed E-state index contributed by atoms with van der Waals surface area (Å²) in [6.07, 6.45) is 0. The van der Waals surface area contributed by atoms with E-state index in [2.05, 4.69) is 10.6 Å². The number of aryl methyl sites for hydroxylation is 1. The number of hydrogen-bond acceptors (Lipinski definition) is 4. The Bertz CT molecular complexity index is 902. The molecule has 28 heavy (non-hydrogen) atoms. The molecule has 1 heterocycles. The Kier molecular flexibility index (Phi) is 5.40. The first-order valence-corrected chi connectivity index (χ1v) is 9.03. The molecule has 0 saturated heterocycles. The molecule has 0 spiro atoms. The number of anilines is 1. The Labute approximate surface area is 164 Å². The van der Waals surface area contributed by atoms with Gasteiger partial charge in [0.1, 0.15) is 11.2 Å². The molecule has 2 aromatic rings. The van der Waals surface area contributed by atoms with Crippen molar-refractivity contribution in [3.8, 4) is 0 Å². The predicted octanol–water partition coefficient (Wildman–Crippen LogP) is 4.09. The number of urea groups is 1. The summed E-state index contributed by atoms with van der Waals surface area (Å²) < 4.78 is 11.0. The van der Waals surface area contributed by atoms with Crippen LogP contribution in [-0.4, -0.2) is 24.7 Å². The summed E-state index contributed by atoms with van der Waals surface area (Å²) in [5.41, 5.74) is 2.19. The summed E-state index contributed by atoms with van der Waals surface area (Å²) in [5.74, 6) is -0.809. The van der Waals surface area contributed by atoms with Gasteiger partial charge < -0.3 is 14.8 Å². The van der Waals surface area contributed by atoms with Crippen molar-refractivity contribution in [2.24, 2.45) is 0 Å². The maximum Gasteiger partial charge on any atom is 0.339 e. The number of carbonyl (C=O) groups excluding carboxylic acids is 2. The summed E-state index contributed by atoms with van der Waals surface area (Å²) in [6.45, 7) is 5.72. The van der Waals surface area contributed by atoms with Gasteiger partial charge in [-0.25, -0.2) is 9.59 Å². The van der Waals surface area contributed by atoms with Gasteiger partial charge in [0.25, 0.3) is 0 Å². The second kappa shape index (κ2) is 7.76. The molecule has 2 aromatic carbocycles. The molecule has 2 amide bonds. The fraction of sp³-hybridized carbons (Fsp3) is 0.273. The minimum atomic E-state index is -0.739. The van der Waals surface area contributed by atoms with E-state index in [4.69, 9.17) is 9.47 Å². The minimum Gasteiger partial charge on any atom is -0.471 e. The van der Waals surface area contributed by atoms with Crippen molar-refractivity contribution in [3.63, 3.8) is 0 Å². The van der Waals surface area contributed by atoms with Gasteiger partial charge in [-0.15, -0.1) is 0 Å². The van der Waals surface area contributed by atoms with Crippen molar-refractivity contribution in [1.82, 2.24) is 5.32 Å². The molecule has 2 N–H and O–H groups in total. The molecule has 146 valence electrons. The lowest BCUT2D eigenvalue weighted by molar-refractivity contribution is -0.136. The Balaban J connectivity index is 1.90. The highest BCUT2D eigenvalue weighted by molar-refractivity contribution is 5.95. The number of carbonyl (C=O) groups is 2. The zero-order chi connectivity index (χ0) is 20.3. The lowest BCUT2D eigenvalue weighted by Gasteiger charge is -2.27. The van der Waals surface area contributed by atoms with E-state index in [1.54, 1.807) is 12.1 Å². The highest BCUT2D eigenvalue weighted by atomic mass is 16.5. The van der Waals surface area contributed by atoms with Crippen LogP contribution in [0.3, 0.4) is 0 Å². The van der Waals surface area contributed by atoms with E-state index in [1.807, 2.05) is 63.2 Å². The third-order valence-corrected chi connectivity index (χ3v) is 4.67. The van der Waals surface area contributed by atoms with Crippen molar-refractivity contribution in [2.45, 2.75) is 32.3 Å². The van der Waals surface area contributed by atoms with Gasteiger partial charge in [-0.3, -0.25) is 5.32 Å². The molecule has 0 aliphatic carbocycles. The molecule has 0 saturated carbocycles. The Morgan fingerprint density at radius 3 is 2.25 bits per heavy atom. The molecular weight excluding hydrogens is 356 g/mol. The summed E-state index contributed by atoms with van der Waals surface area (Å²) in [7, 11) is 1.31. The minimum absolute atomic E-state index is 0.107. The summed E-state index contributed by atoms with van der Waals surface area (Å²) in [5, 5.41) is 5.41. The average Bonchev–Trinajstić information content (AvgIpc) is 2.93. The van der Waals surface area contributed by atoms with Gasteiger partial charge in [0.2, 0.25) is 5.88 Å². The van der Waals surface area contributed by atoms with Gasteiger partial charge in [0, 0.05) is 5.69 Å². The molecule has 1 aliphatic rings. The first kappa shape index (κ1) is 19.5. The van der Waals surface area contributed by atoms with Gasteiger partial charge in [0.15, 0.2) is 0 Å². The molecule has 6 nitrogen and oxygen atoms in total. The van der Waals surface area contributed by atoms with Crippen molar-refractivity contribution in [3.05, 3.63) is 77.2 Å². The van der Waals surface area contributed by atoms with Crippen LogP contribution in [-0.2, 0) is 14.3 Å². The molecule has 0 aromatic heterocycles. The molecule has 3 rings (SSSR count). The second-order valence-electron chi connectivity index (χ2n) is 7.23. The topological polar surface area (TPSA) is 76.7 Å². The van der Waals surface area contributed by atoms with Crippen LogP contribution in [0.2, 0.25) is 0 Å². The molecule has 6 heteroatoms. The summed E-state index contributed by atoms with van der Waals surface area (Å²) in [6, 6.07) is 16.5. The zero-order valence-electron chi connectivity index (χ0n) is 16.4. The van der Waals surface area contributed by atoms with E-state index in [-0.39, 0.29) is 17.4 Å². The van der Waals surface area contributed by atoms with Gasteiger partial charge in [-0.1, -0.05) is 48.0 Å². The van der Waals surface area contributed by atoms with Crippen LogP contribution in [0.5, 0.6) is 0 Å². The predicted molar refractivity (Wildman–Crippen MR) is 107 cm³/mol. The second-order valence-corrected chi connectivity index (χ2v) is 7.23. The molecule has 1 atom stereocenters. The van der Waals surface area contributed by atoms with Crippen molar-refractivity contribution < 1.29 is 19.1 Å². The lowest BCUT2D eigenvalue weighted by atomic mass is 9.81. The van der Waals surface area contributed by atoms with Crippen molar-refractivity contribution >= 4 is 17.7 Å². The number of benzene rings is 2. The molecule has 1 unspecified atom stereocenters. The molecular formula is C22H24N2O4. The van der Waals surface area contributed by atoms with E-state index in [0.717, 1.165) is 11.1 Å². The van der Waals surface area contributed by atoms with Gasteiger partial charge in [-0.2, -0.15) is 0 Å². The van der Waals surface area contributed by atoms with E-state index in [9.17, 15) is 9.59 Å². The molecule has 0 fully saturated rings. The number of ether oxygens (including phenoxy) is 2. The monoisotopic (exact) mass is 380 g/mol. The number of esters is 1. The number of rotatable bonds is 4. The third kappa shape index (κ3) is 4.01. The fourth-order valence-electron chi connectivity index (χ4n) is 3.38. The number of methoxy groups -OCH3 is 1. The highest BCUT2D eigenvalue weighted by Gasteiger charge is 2.48. The van der Waals surface area contributed by atoms with Crippen LogP contribution >= 0.6 is 0 Å². The van der Waals surface area contributed by atoms with Gasteiger partial charge in [0.05, 0.1) is 13.0 Å². The lowest BCUT2D eigenvalue weighted by Crippen LogP contribution is -2.32. The molecule has 0 bridgehead atoms. The van der Waals surface area contributed by atoms with Crippen LogP contribution in [0.1, 0.15) is 30.9 Å². The quantitative estimate of drug-likeness (QED) is 0.783. The van der Waals surface area contributed by atoms with E-state index in [0.29, 0.717) is 5.69 Å². The van der Waals surface area contributed by atoms with E-state index < -0.39 is 17.6 Å². The Morgan fingerprint density at radius 2 is 1.64 bits per heavy atom. The van der Waals surface area contributed by atoms with Crippen molar-refractivity contribution in [1.29, 1.82) is 0 Å². The maximum atomic E-state index is 12.5. The van der Waals surface area contributed by atoms with Crippen LogP contribution in [0, 0.1) is 6.92 Å². The largest absolute Gasteiger partial charge is 0.471 e. The first-order valence-electron chi connectivity index (χ1n) is 9.03. The number of hydrogen-bond donors (Lipinski definition) is 2. The van der Waals surface area contributed by atoms with Crippen LogP contribution in [0.4, 0.5) is 10.5 Å². The SMILES string of the molecule is COC(=O)C1=C(NC(=O)Nc2ccc(C)cc2)OC(C)(C)C1c1ccccc1. The first-order chi connectivity index (χ1) is 13.3. The normalized spacial score (nSPS) is 17.6. The zero-order valence-corrected chi connectivity index (χ0v) is 16.4. The smallest absolute Gasteiger partial charge is 0.339 e. The van der Waals surface area contributed by atoms with Gasteiger partial charge in [-0.05, 0) is 38.5 Å². The standard InChI is InChI=1S/C22H24N2O4/c1-14-10-12-16(13-11-14)23-21(26)24-19-17(20(25)27-4)18(22(2,3)28-19)15-8-6-5-7-9-15/h5-13,18H,1-4H3,(H2,23,24,26). The summed E-state index contributed by atoms with van der Waals surface area (Å²) >= 11 is 0. The van der Waals surface area contributed by atoms with Crippen molar-refractivity contribution in [2.75, 3.05) is 12.4 Å². The average molecular weight is 380 g/mol.